The summed E-state index contributed by atoms with van der Waals surface area (Å²) in [4.78, 5) is 11.6. The number of alkyl carbamates (subject to hydrolysis) is 1. The van der Waals surface area contributed by atoms with Crippen LogP contribution in [0.1, 0.15) is 26.3 Å². The Morgan fingerprint density at radius 3 is 2.48 bits per heavy atom. The van der Waals surface area contributed by atoms with Crippen molar-refractivity contribution in [3.63, 3.8) is 0 Å². The molecule has 0 fully saturated rings. The molecule has 0 atom stereocenters. The third-order valence-corrected chi connectivity index (χ3v) is 3.84. The lowest BCUT2D eigenvalue weighted by Gasteiger charge is -2.19. The van der Waals surface area contributed by atoms with E-state index in [0.29, 0.717) is 0 Å². The van der Waals surface area contributed by atoms with Gasteiger partial charge < -0.3 is 10.1 Å². The number of hydrogen-bond donors (Lipinski definition) is 2. The van der Waals surface area contributed by atoms with Crippen LogP contribution in [0.25, 0.3) is 0 Å². The number of carbonyl (C=O) groups is 1. The second kappa shape index (κ2) is 6.91. The zero-order valence-electron chi connectivity index (χ0n) is 12.8. The van der Waals surface area contributed by atoms with Crippen LogP contribution in [0.15, 0.2) is 29.2 Å². The maximum atomic E-state index is 12.0. The topological polar surface area (TPSA) is 84.5 Å². The fourth-order valence-electron chi connectivity index (χ4n) is 1.53. The Bertz CT molecular complexity index is 591. The summed E-state index contributed by atoms with van der Waals surface area (Å²) in [5.74, 6) is 0. The van der Waals surface area contributed by atoms with Crippen LogP contribution in [-0.2, 0) is 14.8 Å². The van der Waals surface area contributed by atoms with Crippen molar-refractivity contribution in [3.05, 3.63) is 29.8 Å². The molecule has 0 aliphatic rings. The molecule has 7 heteroatoms. The maximum Gasteiger partial charge on any atom is 0.407 e. The van der Waals surface area contributed by atoms with Crippen LogP contribution >= 0.6 is 0 Å². The molecule has 0 aliphatic carbocycles. The highest BCUT2D eigenvalue weighted by Crippen LogP contribution is 2.10. The quantitative estimate of drug-likeness (QED) is 0.812. The van der Waals surface area contributed by atoms with E-state index in [-0.39, 0.29) is 18.0 Å². The highest BCUT2D eigenvalue weighted by Gasteiger charge is 2.16. The Hall–Kier alpha value is -1.60. The summed E-state index contributed by atoms with van der Waals surface area (Å²) >= 11 is 0. The van der Waals surface area contributed by atoms with Crippen molar-refractivity contribution in [2.75, 3.05) is 13.1 Å². The van der Waals surface area contributed by atoms with E-state index in [4.69, 9.17) is 4.74 Å². The molecular weight excluding hydrogens is 292 g/mol. The molecule has 0 spiro atoms. The summed E-state index contributed by atoms with van der Waals surface area (Å²) in [6, 6.07) is 6.62. The molecule has 0 heterocycles. The lowest BCUT2D eigenvalue weighted by Crippen LogP contribution is -2.37. The lowest BCUT2D eigenvalue weighted by atomic mass is 10.2. The zero-order valence-corrected chi connectivity index (χ0v) is 13.6. The molecule has 1 rings (SSSR count). The molecule has 0 bridgehead atoms. The second-order valence-corrected chi connectivity index (χ2v) is 7.41. The molecule has 0 radical (unpaired) electrons. The number of ether oxygens (including phenoxy) is 1. The normalized spacial score (nSPS) is 12.0. The van der Waals surface area contributed by atoms with Crippen LogP contribution in [0.2, 0.25) is 0 Å². The molecule has 118 valence electrons. The number of carbonyl (C=O) groups excluding carboxylic acids is 1. The van der Waals surface area contributed by atoms with E-state index in [9.17, 15) is 13.2 Å². The Balaban J connectivity index is 2.44. The second-order valence-electron chi connectivity index (χ2n) is 5.64. The molecule has 1 aromatic carbocycles. The summed E-state index contributed by atoms with van der Waals surface area (Å²) < 4.78 is 31.5. The van der Waals surface area contributed by atoms with Crippen LogP contribution in [-0.4, -0.2) is 33.2 Å². The van der Waals surface area contributed by atoms with Crippen LogP contribution < -0.4 is 10.0 Å². The number of hydrogen-bond acceptors (Lipinski definition) is 4. The van der Waals surface area contributed by atoms with Crippen LogP contribution in [0.5, 0.6) is 0 Å². The van der Waals surface area contributed by atoms with Gasteiger partial charge in [0.05, 0.1) is 4.90 Å². The van der Waals surface area contributed by atoms with Crippen molar-refractivity contribution in [2.45, 2.75) is 38.2 Å². The summed E-state index contributed by atoms with van der Waals surface area (Å²) in [5.41, 5.74) is 0.287. The Kier molecular flexibility index (Phi) is 5.74. The molecule has 0 unspecified atom stereocenters. The first kappa shape index (κ1) is 17.5. The average Bonchev–Trinajstić information content (AvgIpc) is 2.32. The molecule has 0 aromatic heterocycles. The van der Waals surface area contributed by atoms with Crippen molar-refractivity contribution in [1.82, 2.24) is 10.0 Å². The number of amides is 1. The SMILES string of the molecule is Cc1cccc(S(=O)(=O)NCCNC(=O)OC(C)(C)C)c1. The van der Waals surface area contributed by atoms with E-state index < -0.39 is 21.7 Å². The van der Waals surface area contributed by atoms with Gasteiger partial charge in [-0.1, -0.05) is 12.1 Å². The average molecular weight is 314 g/mol. The Morgan fingerprint density at radius 2 is 1.90 bits per heavy atom. The Morgan fingerprint density at radius 1 is 1.24 bits per heavy atom. The predicted octanol–water partition coefficient (Wildman–Crippen LogP) is 1.80. The van der Waals surface area contributed by atoms with E-state index in [2.05, 4.69) is 10.0 Å². The molecule has 21 heavy (non-hydrogen) atoms. The number of sulfonamides is 1. The number of nitrogens with one attached hydrogen (secondary N) is 2. The van der Waals surface area contributed by atoms with E-state index in [1.165, 1.54) is 6.07 Å². The van der Waals surface area contributed by atoms with Gasteiger partial charge in [-0.2, -0.15) is 0 Å². The highest BCUT2D eigenvalue weighted by atomic mass is 32.2. The van der Waals surface area contributed by atoms with Gasteiger partial charge in [0.25, 0.3) is 0 Å². The van der Waals surface area contributed by atoms with Gasteiger partial charge in [0.1, 0.15) is 5.60 Å². The van der Waals surface area contributed by atoms with Crippen LogP contribution in [0.3, 0.4) is 0 Å². The minimum absolute atomic E-state index is 0.0928. The molecule has 0 saturated carbocycles. The number of aryl methyl sites for hydroxylation is 1. The third-order valence-electron chi connectivity index (χ3n) is 2.39. The predicted molar refractivity (Wildman–Crippen MR) is 80.6 cm³/mol. The van der Waals surface area contributed by atoms with Gasteiger partial charge in [-0.25, -0.2) is 17.9 Å². The van der Waals surface area contributed by atoms with Gasteiger partial charge in [-0.05, 0) is 45.4 Å². The van der Waals surface area contributed by atoms with Gasteiger partial charge in [-0.15, -0.1) is 0 Å². The van der Waals surface area contributed by atoms with Crippen molar-refractivity contribution in [2.24, 2.45) is 0 Å². The smallest absolute Gasteiger partial charge is 0.407 e. The first-order valence-corrected chi connectivity index (χ1v) is 8.12. The molecule has 1 aromatic rings. The summed E-state index contributed by atoms with van der Waals surface area (Å²) in [7, 11) is -3.56. The monoisotopic (exact) mass is 314 g/mol. The van der Waals surface area contributed by atoms with Gasteiger partial charge in [-0.3, -0.25) is 0 Å². The fraction of sp³-hybridized carbons (Fsp3) is 0.500. The molecule has 0 aliphatic heterocycles. The lowest BCUT2D eigenvalue weighted by molar-refractivity contribution is 0.0529. The van der Waals surface area contributed by atoms with Gasteiger partial charge in [0.15, 0.2) is 0 Å². The standard InChI is InChI=1S/C14H22N2O4S/c1-11-6-5-7-12(10-11)21(18,19)16-9-8-15-13(17)20-14(2,3)4/h5-7,10,16H,8-9H2,1-4H3,(H,15,17). The Labute approximate surface area is 125 Å². The van der Waals surface area contributed by atoms with E-state index in [1.807, 2.05) is 13.0 Å². The molecule has 1 amide bonds. The number of benzene rings is 1. The summed E-state index contributed by atoms with van der Waals surface area (Å²) in [5, 5.41) is 2.49. The molecule has 6 nitrogen and oxygen atoms in total. The van der Waals surface area contributed by atoms with E-state index >= 15 is 0 Å². The fourth-order valence-corrected chi connectivity index (χ4v) is 2.67. The molecule has 2 N–H and O–H groups in total. The van der Waals surface area contributed by atoms with Crippen molar-refractivity contribution in [3.8, 4) is 0 Å². The first-order chi connectivity index (χ1) is 9.60. The van der Waals surface area contributed by atoms with Crippen LogP contribution in [0.4, 0.5) is 4.79 Å². The summed E-state index contributed by atoms with van der Waals surface area (Å²) in [6.07, 6.45) is -0.572. The van der Waals surface area contributed by atoms with E-state index in [0.717, 1.165) is 5.56 Å². The first-order valence-electron chi connectivity index (χ1n) is 6.63. The van der Waals surface area contributed by atoms with Gasteiger partial charge in [0.2, 0.25) is 10.0 Å². The van der Waals surface area contributed by atoms with Gasteiger partial charge in [0, 0.05) is 13.1 Å². The molecule has 0 saturated heterocycles. The van der Waals surface area contributed by atoms with Crippen LogP contribution in [0, 0.1) is 6.92 Å². The van der Waals surface area contributed by atoms with Crippen molar-refractivity contribution >= 4 is 16.1 Å². The number of rotatable bonds is 5. The van der Waals surface area contributed by atoms with Crippen molar-refractivity contribution < 1.29 is 17.9 Å². The minimum Gasteiger partial charge on any atom is -0.444 e. The summed E-state index contributed by atoms with van der Waals surface area (Å²) in [6.45, 7) is 7.34. The third kappa shape index (κ3) is 6.59. The zero-order chi connectivity index (χ0) is 16.1. The largest absolute Gasteiger partial charge is 0.444 e. The van der Waals surface area contributed by atoms with E-state index in [1.54, 1.807) is 32.9 Å². The maximum absolute atomic E-state index is 12.0. The molecular formula is C14H22N2O4S. The minimum atomic E-state index is -3.56. The van der Waals surface area contributed by atoms with Gasteiger partial charge >= 0.3 is 6.09 Å². The van der Waals surface area contributed by atoms with Crippen molar-refractivity contribution in [1.29, 1.82) is 0 Å². The highest BCUT2D eigenvalue weighted by molar-refractivity contribution is 7.89.